The first kappa shape index (κ1) is 33.6. The standard InChI is InChI=1S/C33H43N7O4S/c1-33(2,3)38-32(42)37-27-13-15-40(16-14-27)31(41)29(19-22-7-4-11-26(17-22)30(35)36)39-45(43,44)28-12-6-10-25(20-28)24-9-5-8-23(18-24)21-34/h4-12,17-18,20,27,29,39H,13-16,19,21,34H2,1-3H3,(H3,35,36)(H2,37,38,42)/t29-/m0/s1. The minimum absolute atomic E-state index is 0.0289. The van der Waals surface area contributed by atoms with Crippen LogP contribution in [0, 0.1) is 5.41 Å². The summed E-state index contributed by atoms with van der Waals surface area (Å²) in [6, 6.07) is 19.5. The number of nitrogen functional groups attached to an aromatic ring is 1. The Morgan fingerprint density at radius 2 is 1.58 bits per heavy atom. The summed E-state index contributed by atoms with van der Waals surface area (Å²) in [5, 5.41) is 13.6. The fraction of sp³-hybridized carbons (Fsp3) is 0.364. The molecule has 4 rings (SSSR count). The number of benzene rings is 3. The smallest absolute Gasteiger partial charge is 0.315 e. The molecule has 1 aliphatic heterocycles. The lowest BCUT2D eigenvalue weighted by Crippen LogP contribution is -2.55. The molecule has 0 radical (unpaired) electrons. The summed E-state index contributed by atoms with van der Waals surface area (Å²) in [7, 11) is -4.13. The van der Waals surface area contributed by atoms with Gasteiger partial charge >= 0.3 is 6.03 Å². The van der Waals surface area contributed by atoms with Gasteiger partial charge in [0.2, 0.25) is 15.9 Å². The highest BCUT2D eigenvalue weighted by atomic mass is 32.2. The normalized spacial score (nSPS) is 14.9. The summed E-state index contributed by atoms with van der Waals surface area (Å²) >= 11 is 0. The van der Waals surface area contributed by atoms with Gasteiger partial charge in [-0.1, -0.05) is 48.5 Å². The maximum atomic E-state index is 13.9. The van der Waals surface area contributed by atoms with E-state index in [-0.39, 0.29) is 40.7 Å². The van der Waals surface area contributed by atoms with E-state index in [1.807, 2.05) is 51.1 Å². The van der Waals surface area contributed by atoms with E-state index in [4.69, 9.17) is 16.9 Å². The number of carbonyl (C=O) groups excluding carboxylic acids is 2. The molecule has 0 bridgehead atoms. The number of likely N-dealkylation sites (tertiary alicyclic amines) is 1. The predicted octanol–water partition coefficient (Wildman–Crippen LogP) is 3.07. The SMILES string of the molecule is CC(C)(C)NC(=O)NC1CCN(C(=O)[C@H](Cc2cccc(C(=N)N)c2)NS(=O)(=O)c2cccc(-c3cccc(CN)c3)c2)CC1. The second-order valence-electron chi connectivity index (χ2n) is 12.4. The summed E-state index contributed by atoms with van der Waals surface area (Å²) in [6.07, 6.45) is 1.13. The van der Waals surface area contributed by atoms with Crippen LogP contribution in [0.3, 0.4) is 0 Å². The van der Waals surface area contributed by atoms with Crippen molar-refractivity contribution >= 4 is 27.8 Å². The van der Waals surface area contributed by atoms with Crippen LogP contribution in [0.5, 0.6) is 0 Å². The first-order valence-corrected chi connectivity index (χ1v) is 16.4. The molecule has 3 aromatic rings. The van der Waals surface area contributed by atoms with Gasteiger partial charge in [-0.25, -0.2) is 13.2 Å². The molecule has 45 heavy (non-hydrogen) atoms. The molecule has 12 heteroatoms. The molecular weight excluding hydrogens is 590 g/mol. The first-order valence-electron chi connectivity index (χ1n) is 15.0. The highest BCUT2D eigenvalue weighted by Gasteiger charge is 2.32. The Balaban J connectivity index is 1.55. The Morgan fingerprint density at radius 3 is 2.22 bits per heavy atom. The molecule has 0 aromatic heterocycles. The number of urea groups is 1. The number of piperidine rings is 1. The first-order chi connectivity index (χ1) is 21.2. The fourth-order valence-corrected chi connectivity index (χ4v) is 6.52. The Hall–Kier alpha value is -4.26. The second-order valence-corrected chi connectivity index (χ2v) is 14.1. The number of hydrogen-bond acceptors (Lipinski definition) is 6. The monoisotopic (exact) mass is 633 g/mol. The zero-order chi connectivity index (χ0) is 32.8. The van der Waals surface area contributed by atoms with Gasteiger partial charge in [-0.15, -0.1) is 0 Å². The number of nitrogens with one attached hydrogen (secondary N) is 4. The molecule has 1 aliphatic rings. The molecule has 1 fully saturated rings. The zero-order valence-electron chi connectivity index (χ0n) is 26.0. The van der Waals surface area contributed by atoms with E-state index in [9.17, 15) is 18.0 Å². The molecule has 11 nitrogen and oxygen atoms in total. The third-order valence-electron chi connectivity index (χ3n) is 7.54. The van der Waals surface area contributed by atoms with Crippen molar-refractivity contribution in [3.05, 3.63) is 89.5 Å². The van der Waals surface area contributed by atoms with Gasteiger partial charge in [-0.3, -0.25) is 10.2 Å². The minimum atomic E-state index is -4.13. The molecule has 0 aliphatic carbocycles. The van der Waals surface area contributed by atoms with Crippen LogP contribution in [0.15, 0.2) is 77.7 Å². The van der Waals surface area contributed by atoms with Gasteiger partial charge in [0.25, 0.3) is 0 Å². The number of nitrogens with two attached hydrogens (primary N) is 2. The molecule has 1 atom stereocenters. The van der Waals surface area contributed by atoms with Crippen LogP contribution in [-0.2, 0) is 27.8 Å². The largest absolute Gasteiger partial charge is 0.384 e. The van der Waals surface area contributed by atoms with Crippen LogP contribution in [0.25, 0.3) is 11.1 Å². The number of amidine groups is 1. The summed E-state index contributed by atoms with van der Waals surface area (Å²) in [6.45, 7) is 6.78. The topological polar surface area (TPSA) is 184 Å². The minimum Gasteiger partial charge on any atom is -0.384 e. The lowest BCUT2D eigenvalue weighted by atomic mass is 10.0. The highest BCUT2D eigenvalue weighted by molar-refractivity contribution is 7.89. The number of carbonyl (C=O) groups is 2. The van der Waals surface area contributed by atoms with Crippen molar-refractivity contribution in [3.8, 4) is 11.1 Å². The Labute approximate surface area is 265 Å². The van der Waals surface area contributed by atoms with Gasteiger partial charge in [0, 0.05) is 36.8 Å². The number of amides is 3. The van der Waals surface area contributed by atoms with Gasteiger partial charge < -0.3 is 27.0 Å². The number of nitrogens with zero attached hydrogens (tertiary/aromatic N) is 1. The fourth-order valence-electron chi connectivity index (χ4n) is 5.28. The van der Waals surface area contributed by atoms with Crippen molar-refractivity contribution < 1.29 is 18.0 Å². The van der Waals surface area contributed by atoms with Crippen molar-refractivity contribution in [2.75, 3.05) is 13.1 Å². The van der Waals surface area contributed by atoms with E-state index >= 15 is 0 Å². The van der Waals surface area contributed by atoms with E-state index < -0.39 is 16.1 Å². The number of sulfonamides is 1. The van der Waals surface area contributed by atoms with Gasteiger partial charge in [0.05, 0.1) is 4.90 Å². The summed E-state index contributed by atoms with van der Waals surface area (Å²) in [5.41, 5.74) is 14.7. The lowest BCUT2D eigenvalue weighted by Gasteiger charge is -2.35. The Kier molecular flexibility index (Phi) is 10.6. The van der Waals surface area contributed by atoms with Crippen LogP contribution < -0.4 is 26.8 Å². The predicted molar refractivity (Wildman–Crippen MR) is 176 cm³/mol. The zero-order valence-corrected chi connectivity index (χ0v) is 26.8. The highest BCUT2D eigenvalue weighted by Crippen LogP contribution is 2.24. The molecule has 3 amide bonds. The van der Waals surface area contributed by atoms with Crippen LogP contribution in [0.1, 0.15) is 50.3 Å². The lowest BCUT2D eigenvalue weighted by molar-refractivity contribution is -0.134. The maximum absolute atomic E-state index is 13.9. The Bertz CT molecular complexity index is 1640. The molecule has 3 aromatic carbocycles. The van der Waals surface area contributed by atoms with E-state index in [0.717, 1.165) is 11.1 Å². The molecule has 0 unspecified atom stereocenters. The van der Waals surface area contributed by atoms with Gasteiger partial charge in [0.15, 0.2) is 0 Å². The molecule has 0 saturated carbocycles. The third kappa shape index (κ3) is 9.37. The average molecular weight is 634 g/mol. The van der Waals surface area contributed by atoms with Gasteiger partial charge in [-0.05, 0) is 86.6 Å². The van der Waals surface area contributed by atoms with Crippen LogP contribution in [0.2, 0.25) is 0 Å². The van der Waals surface area contributed by atoms with E-state index in [1.54, 1.807) is 41.3 Å². The second kappa shape index (κ2) is 14.2. The van der Waals surface area contributed by atoms with Gasteiger partial charge in [0.1, 0.15) is 11.9 Å². The third-order valence-corrected chi connectivity index (χ3v) is 9.01. The van der Waals surface area contributed by atoms with E-state index in [1.165, 1.54) is 6.07 Å². The molecule has 8 N–H and O–H groups in total. The van der Waals surface area contributed by atoms with Crippen molar-refractivity contribution in [2.24, 2.45) is 11.5 Å². The molecule has 240 valence electrons. The van der Waals surface area contributed by atoms with Crippen molar-refractivity contribution in [1.29, 1.82) is 5.41 Å². The van der Waals surface area contributed by atoms with Crippen LogP contribution in [0.4, 0.5) is 4.79 Å². The summed E-state index contributed by atoms with van der Waals surface area (Å²) < 4.78 is 30.2. The van der Waals surface area contributed by atoms with Crippen LogP contribution >= 0.6 is 0 Å². The molecule has 1 saturated heterocycles. The number of rotatable bonds is 10. The molecular formula is C33H43N7O4S. The Morgan fingerprint density at radius 1 is 0.956 bits per heavy atom. The van der Waals surface area contributed by atoms with Gasteiger partial charge in [-0.2, -0.15) is 4.72 Å². The van der Waals surface area contributed by atoms with E-state index in [0.29, 0.717) is 49.2 Å². The average Bonchev–Trinajstić information content (AvgIpc) is 3.00. The summed E-state index contributed by atoms with van der Waals surface area (Å²) in [4.78, 5) is 27.9. The molecule has 1 heterocycles. The van der Waals surface area contributed by atoms with Crippen molar-refractivity contribution in [3.63, 3.8) is 0 Å². The van der Waals surface area contributed by atoms with Crippen molar-refractivity contribution in [2.45, 2.75) is 69.1 Å². The number of hydrogen-bond donors (Lipinski definition) is 6. The molecule has 0 spiro atoms. The summed E-state index contributed by atoms with van der Waals surface area (Å²) in [5.74, 6) is -0.489. The van der Waals surface area contributed by atoms with Crippen LogP contribution in [-0.4, -0.2) is 61.8 Å². The quantitative estimate of drug-likeness (QED) is 0.147. The van der Waals surface area contributed by atoms with E-state index in [2.05, 4.69) is 15.4 Å². The maximum Gasteiger partial charge on any atom is 0.315 e. The van der Waals surface area contributed by atoms with Crippen molar-refractivity contribution in [1.82, 2.24) is 20.3 Å².